The van der Waals surface area contributed by atoms with Gasteiger partial charge in [-0.05, 0) is 41.3 Å². The Morgan fingerprint density at radius 2 is 1.46 bits per heavy atom. The molecule has 0 radical (unpaired) electrons. The van der Waals surface area contributed by atoms with E-state index >= 15 is 0 Å². The third-order valence-electron chi connectivity index (χ3n) is 5.65. The number of carbonyl (C=O) groups is 4. The molecule has 1 saturated heterocycles. The van der Waals surface area contributed by atoms with Crippen molar-refractivity contribution < 1.29 is 47.6 Å². The van der Waals surface area contributed by atoms with Gasteiger partial charge in [-0.2, -0.15) is 0 Å². The maximum atomic E-state index is 12.1. The summed E-state index contributed by atoms with van der Waals surface area (Å²) in [7, 11) is 1.58. The number of rotatable bonds is 8. The minimum absolute atomic E-state index is 0.119. The molecule has 2 aromatic rings. The van der Waals surface area contributed by atoms with Crippen LogP contribution >= 0.6 is 11.6 Å². The van der Waals surface area contributed by atoms with Gasteiger partial charge in [-0.1, -0.05) is 35.9 Å². The smallest absolute Gasteiger partial charge is 0.307 e. The lowest BCUT2D eigenvalue weighted by atomic mass is 9.91. The highest BCUT2D eigenvalue weighted by Crippen LogP contribution is 2.40. The zero-order valence-corrected chi connectivity index (χ0v) is 22.9. The Kier molecular flexibility index (Phi) is 9.95. The molecule has 1 aliphatic heterocycles. The molecule has 0 amide bonds. The molecule has 2 aromatic carbocycles. The molecule has 10 nitrogen and oxygen atoms in total. The zero-order chi connectivity index (χ0) is 28.7. The van der Waals surface area contributed by atoms with Crippen molar-refractivity contribution >= 4 is 35.5 Å². The number of hydrogen-bond acceptors (Lipinski definition) is 10. The van der Waals surface area contributed by atoms with E-state index in [4.69, 9.17) is 40.0 Å². The van der Waals surface area contributed by atoms with Crippen LogP contribution in [-0.4, -0.2) is 49.3 Å². The van der Waals surface area contributed by atoms with Crippen LogP contribution in [0.2, 0.25) is 5.02 Å². The van der Waals surface area contributed by atoms with Gasteiger partial charge in [0.2, 0.25) is 6.10 Å². The van der Waals surface area contributed by atoms with Crippen LogP contribution in [0.3, 0.4) is 0 Å². The van der Waals surface area contributed by atoms with E-state index in [1.165, 1.54) is 13.8 Å². The van der Waals surface area contributed by atoms with Gasteiger partial charge in [0.15, 0.2) is 24.1 Å². The van der Waals surface area contributed by atoms with Crippen molar-refractivity contribution in [3.05, 3.63) is 76.2 Å². The average Bonchev–Trinajstić information content (AvgIpc) is 2.86. The Morgan fingerprint density at radius 1 is 0.846 bits per heavy atom. The molecule has 0 spiro atoms. The molecule has 0 aromatic heterocycles. The molecule has 208 valence electrons. The lowest BCUT2D eigenvalue weighted by Crippen LogP contribution is -2.53. The summed E-state index contributed by atoms with van der Waals surface area (Å²) in [5.41, 5.74) is 2.21. The average molecular weight is 561 g/mol. The highest BCUT2D eigenvalue weighted by atomic mass is 35.5. The normalized spacial score (nSPS) is 21.3. The molecule has 0 aliphatic carbocycles. The Hall–Kier alpha value is -4.05. The Labute approximate surface area is 230 Å². The van der Waals surface area contributed by atoms with Gasteiger partial charge in [-0.15, -0.1) is 0 Å². The van der Waals surface area contributed by atoms with Gasteiger partial charge in [-0.3, -0.25) is 19.2 Å². The van der Waals surface area contributed by atoms with Gasteiger partial charge in [0.05, 0.1) is 7.11 Å². The number of esters is 4. The van der Waals surface area contributed by atoms with E-state index in [1.807, 2.05) is 24.3 Å². The fraction of sp³-hybridized carbons (Fsp3) is 0.357. The summed E-state index contributed by atoms with van der Waals surface area (Å²) in [4.78, 5) is 47.6. The summed E-state index contributed by atoms with van der Waals surface area (Å²) < 4.78 is 32.7. The quantitative estimate of drug-likeness (QED) is 0.263. The van der Waals surface area contributed by atoms with Crippen LogP contribution in [0.4, 0.5) is 0 Å². The predicted octanol–water partition coefficient (Wildman–Crippen LogP) is 4.21. The Morgan fingerprint density at radius 3 is 2.03 bits per heavy atom. The van der Waals surface area contributed by atoms with E-state index in [0.717, 1.165) is 31.2 Å². The Balaban J connectivity index is 2.09. The molecule has 0 saturated carbocycles. The van der Waals surface area contributed by atoms with Gasteiger partial charge in [0, 0.05) is 32.7 Å². The minimum Gasteiger partial charge on any atom is -0.497 e. The molecule has 0 bridgehead atoms. The fourth-order valence-corrected chi connectivity index (χ4v) is 4.28. The van der Waals surface area contributed by atoms with E-state index in [2.05, 4.69) is 0 Å². The topological polar surface area (TPSA) is 124 Å². The van der Waals surface area contributed by atoms with Crippen LogP contribution in [0.5, 0.6) is 5.75 Å². The maximum absolute atomic E-state index is 12.1. The third-order valence-corrected chi connectivity index (χ3v) is 6.02. The summed E-state index contributed by atoms with van der Waals surface area (Å²) >= 11 is 6.51. The highest BCUT2D eigenvalue weighted by Gasteiger charge is 2.51. The fourth-order valence-electron chi connectivity index (χ4n) is 4.10. The van der Waals surface area contributed by atoms with Crippen LogP contribution in [-0.2, 0) is 49.3 Å². The monoisotopic (exact) mass is 560 g/mol. The van der Waals surface area contributed by atoms with Gasteiger partial charge in [-0.25, -0.2) is 0 Å². The second kappa shape index (κ2) is 13.1. The molecule has 1 heterocycles. The van der Waals surface area contributed by atoms with Crippen LogP contribution in [0.1, 0.15) is 50.5 Å². The number of benzene rings is 2. The van der Waals surface area contributed by atoms with Crippen LogP contribution in [0.15, 0.2) is 54.5 Å². The molecule has 4 atom stereocenters. The van der Waals surface area contributed by atoms with Crippen molar-refractivity contribution in [1.29, 1.82) is 0 Å². The molecular weight excluding hydrogens is 532 g/mol. The molecular formula is C28H29ClO10. The summed E-state index contributed by atoms with van der Waals surface area (Å²) in [5.74, 6) is -2.22. The summed E-state index contributed by atoms with van der Waals surface area (Å²) in [6.45, 7) is 4.66. The molecule has 0 unspecified atom stereocenters. The first-order valence-corrected chi connectivity index (χ1v) is 12.3. The van der Waals surface area contributed by atoms with Gasteiger partial charge in [0.1, 0.15) is 12.0 Å². The second-order valence-corrected chi connectivity index (χ2v) is 9.13. The molecule has 0 N–H and O–H groups in total. The largest absolute Gasteiger partial charge is 0.497 e. The van der Waals surface area contributed by atoms with Crippen molar-refractivity contribution in [2.24, 2.45) is 0 Å². The number of carbonyl (C=O) groups excluding carboxylic acids is 4. The van der Waals surface area contributed by atoms with Crippen LogP contribution in [0.25, 0.3) is 0 Å². The molecule has 1 fully saturated rings. The molecule has 11 heteroatoms. The van der Waals surface area contributed by atoms with E-state index in [-0.39, 0.29) is 5.76 Å². The zero-order valence-electron chi connectivity index (χ0n) is 22.1. The standard InChI is InChI=1S/C28H29ClO10/c1-15(30)35-14-24-26(36-16(2)31)28(38-18(4)33)27(37-17(3)32)25(39-24)20-8-11-23(29)21(13-20)12-19-6-9-22(34-5)10-7-19/h6-11,13-14,25-28H,12H2,1-5H3/b24-14-/t25-,26+,27-,28-/m0/s1. The first-order valence-electron chi connectivity index (χ1n) is 11.9. The SMILES string of the molecule is COc1ccc(Cc2cc([C@@H]3O/C(=C\OC(C)=O)[C@@H](OC(C)=O)[C@H](OC(C)=O)[C@H]3OC(C)=O)ccc2Cl)cc1. The number of halogens is 1. The van der Waals surface area contributed by atoms with Crippen molar-refractivity contribution in [3.8, 4) is 5.75 Å². The first kappa shape index (κ1) is 29.5. The summed E-state index contributed by atoms with van der Waals surface area (Å²) in [6, 6.07) is 12.6. The van der Waals surface area contributed by atoms with Crippen LogP contribution in [0, 0.1) is 0 Å². The van der Waals surface area contributed by atoms with Crippen molar-refractivity contribution in [1.82, 2.24) is 0 Å². The predicted molar refractivity (Wildman–Crippen MR) is 138 cm³/mol. The lowest BCUT2D eigenvalue weighted by Gasteiger charge is -2.42. The molecule has 1 aliphatic rings. The number of ether oxygens (including phenoxy) is 6. The summed E-state index contributed by atoms with van der Waals surface area (Å²) in [5, 5.41) is 0.486. The number of hydrogen-bond donors (Lipinski definition) is 0. The Bertz CT molecular complexity index is 1250. The van der Waals surface area contributed by atoms with Crippen molar-refractivity contribution in [2.45, 2.75) is 58.5 Å². The second-order valence-electron chi connectivity index (χ2n) is 8.72. The van der Waals surface area contributed by atoms with E-state index in [0.29, 0.717) is 22.8 Å². The lowest BCUT2D eigenvalue weighted by molar-refractivity contribution is -0.212. The van der Waals surface area contributed by atoms with Crippen molar-refractivity contribution in [3.63, 3.8) is 0 Å². The highest BCUT2D eigenvalue weighted by molar-refractivity contribution is 6.31. The van der Waals surface area contributed by atoms with E-state index in [1.54, 1.807) is 25.3 Å². The number of methoxy groups -OCH3 is 1. The molecule has 3 rings (SSSR count). The van der Waals surface area contributed by atoms with Crippen LogP contribution < -0.4 is 4.74 Å². The van der Waals surface area contributed by atoms with Gasteiger partial charge in [0.25, 0.3) is 0 Å². The molecule has 39 heavy (non-hydrogen) atoms. The summed E-state index contributed by atoms with van der Waals surface area (Å²) in [6.07, 6.45) is -3.55. The maximum Gasteiger partial charge on any atom is 0.307 e. The van der Waals surface area contributed by atoms with E-state index < -0.39 is 48.3 Å². The third kappa shape index (κ3) is 7.97. The van der Waals surface area contributed by atoms with Gasteiger partial charge >= 0.3 is 23.9 Å². The van der Waals surface area contributed by atoms with Gasteiger partial charge < -0.3 is 28.4 Å². The minimum atomic E-state index is -1.36. The first-order chi connectivity index (χ1) is 18.5. The van der Waals surface area contributed by atoms with Crippen molar-refractivity contribution in [2.75, 3.05) is 7.11 Å². The van der Waals surface area contributed by atoms with E-state index in [9.17, 15) is 19.2 Å².